The van der Waals surface area contributed by atoms with E-state index < -0.39 is 11.6 Å². The van der Waals surface area contributed by atoms with Crippen molar-refractivity contribution in [2.75, 3.05) is 6.54 Å². The van der Waals surface area contributed by atoms with Gasteiger partial charge in [0, 0.05) is 12.6 Å². The molecule has 0 atom stereocenters. The maximum atomic E-state index is 13.4. The molecule has 4 nitrogen and oxygen atoms in total. The van der Waals surface area contributed by atoms with Crippen molar-refractivity contribution in [3.8, 4) is 10.9 Å². The van der Waals surface area contributed by atoms with Crippen LogP contribution < -0.4 is 10.1 Å². The quantitative estimate of drug-likeness (QED) is 0.888. The summed E-state index contributed by atoms with van der Waals surface area (Å²) in [4.78, 5) is 0. The first-order valence-electron chi connectivity index (χ1n) is 6.20. The van der Waals surface area contributed by atoms with E-state index in [1.807, 2.05) is 0 Å². The van der Waals surface area contributed by atoms with Crippen LogP contribution in [0.2, 0.25) is 0 Å². The zero-order valence-electron chi connectivity index (χ0n) is 11.2. The van der Waals surface area contributed by atoms with Crippen LogP contribution in [0.25, 0.3) is 0 Å². The lowest BCUT2D eigenvalue weighted by molar-refractivity contribution is 0.431. The van der Waals surface area contributed by atoms with Crippen molar-refractivity contribution in [2.24, 2.45) is 5.92 Å². The van der Waals surface area contributed by atoms with Crippen molar-refractivity contribution in [1.82, 2.24) is 15.5 Å². The molecule has 2 aromatic rings. The Kier molecular flexibility index (Phi) is 4.97. The highest BCUT2D eigenvalue weighted by atomic mass is 32.1. The SMILES string of the molecule is CC(C)CNCc1nnc(Oc2ccc(F)cc2F)s1. The van der Waals surface area contributed by atoms with Crippen LogP contribution >= 0.6 is 11.3 Å². The Bertz CT molecular complexity index is 574. The number of halogens is 2. The normalized spacial score (nSPS) is 11.1. The Morgan fingerprint density at radius 1 is 1.30 bits per heavy atom. The van der Waals surface area contributed by atoms with Gasteiger partial charge in [0.25, 0.3) is 5.19 Å². The molecule has 20 heavy (non-hydrogen) atoms. The predicted molar refractivity (Wildman–Crippen MR) is 72.9 cm³/mol. The first-order chi connectivity index (χ1) is 9.54. The van der Waals surface area contributed by atoms with Crippen molar-refractivity contribution in [3.05, 3.63) is 34.8 Å². The van der Waals surface area contributed by atoms with Gasteiger partial charge in [0.2, 0.25) is 0 Å². The third-order valence-corrected chi connectivity index (χ3v) is 3.17. The lowest BCUT2D eigenvalue weighted by Gasteiger charge is -2.04. The van der Waals surface area contributed by atoms with E-state index in [2.05, 4.69) is 29.4 Å². The second kappa shape index (κ2) is 6.71. The second-order valence-electron chi connectivity index (χ2n) is 4.66. The number of nitrogens with one attached hydrogen (secondary N) is 1. The molecule has 1 N–H and O–H groups in total. The molecule has 2 rings (SSSR count). The van der Waals surface area contributed by atoms with Crippen LogP contribution in [0.3, 0.4) is 0 Å². The molecule has 1 heterocycles. The second-order valence-corrected chi connectivity index (χ2v) is 5.69. The first-order valence-corrected chi connectivity index (χ1v) is 7.02. The van der Waals surface area contributed by atoms with Crippen molar-refractivity contribution >= 4 is 11.3 Å². The number of rotatable bonds is 6. The highest BCUT2D eigenvalue weighted by molar-refractivity contribution is 7.13. The number of ether oxygens (including phenoxy) is 1. The molecular weight excluding hydrogens is 284 g/mol. The number of hydrogen-bond acceptors (Lipinski definition) is 5. The molecule has 0 amide bonds. The van der Waals surface area contributed by atoms with Crippen molar-refractivity contribution in [2.45, 2.75) is 20.4 Å². The average molecular weight is 299 g/mol. The van der Waals surface area contributed by atoms with Crippen LogP contribution in [0, 0.1) is 17.6 Å². The number of benzene rings is 1. The summed E-state index contributed by atoms with van der Waals surface area (Å²) < 4.78 is 31.4. The number of hydrogen-bond donors (Lipinski definition) is 1. The van der Waals surface area contributed by atoms with Gasteiger partial charge in [-0.25, -0.2) is 8.78 Å². The molecule has 0 bridgehead atoms. The van der Waals surface area contributed by atoms with E-state index in [0.717, 1.165) is 23.7 Å². The molecule has 0 aliphatic heterocycles. The molecular formula is C13H15F2N3OS. The fourth-order valence-electron chi connectivity index (χ4n) is 1.47. The van der Waals surface area contributed by atoms with Crippen LogP contribution in [0.1, 0.15) is 18.9 Å². The Balaban J connectivity index is 1.95. The van der Waals surface area contributed by atoms with Crippen LogP contribution in [-0.4, -0.2) is 16.7 Å². The highest BCUT2D eigenvalue weighted by Gasteiger charge is 2.10. The van der Waals surface area contributed by atoms with Crippen molar-refractivity contribution in [3.63, 3.8) is 0 Å². The van der Waals surface area contributed by atoms with Gasteiger partial charge in [-0.3, -0.25) is 0 Å². The summed E-state index contributed by atoms with van der Waals surface area (Å²) in [5.74, 6) is -0.929. The third kappa shape index (κ3) is 4.21. The summed E-state index contributed by atoms with van der Waals surface area (Å²) in [6.45, 7) is 5.69. The van der Waals surface area contributed by atoms with E-state index in [4.69, 9.17) is 4.74 Å². The van der Waals surface area contributed by atoms with E-state index in [1.54, 1.807) is 0 Å². The fraction of sp³-hybridized carbons (Fsp3) is 0.385. The van der Waals surface area contributed by atoms with Gasteiger partial charge in [-0.1, -0.05) is 30.3 Å². The van der Waals surface area contributed by atoms with E-state index in [-0.39, 0.29) is 10.9 Å². The summed E-state index contributed by atoms with van der Waals surface area (Å²) in [6.07, 6.45) is 0. The van der Waals surface area contributed by atoms with Gasteiger partial charge in [0.15, 0.2) is 11.6 Å². The van der Waals surface area contributed by atoms with Gasteiger partial charge in [-0.05, 0) is 24.6 Å². The predicted octanol–water partition coefficient (Wildman–Crippen LogP) is 3.35. The minimum Gasteiger partial charge on any atom is -0.427 e. The maximum Gasteiger partial charge on any atom is 0.299 e. The van der Waals surface area contributed by atoms with Gasteiger partial charge < -0.3 is 10.1 Å². The lowest BCUT2D eigenvalue weighted by Crippen LogP contribution is -2.18. The summed E-state index contributed by atoms with van der Waals surface area (Å²) in [5.41, 5.74) is 0. The van der Waals surface area contributed by atoms with Crippen molar-refractivity contribution < 1.29 is 13.5 Å². The number of aromatic nitrogens is 2. The first kappa shape index (κ1) is 14.8. The summed E-state index contributed by atoms with van der Waals surface area (Å²) >= 11 is 1.22. The molecule has 0 fully saturated rings. The van der Waals surface area contributed by atoms with Crippen LogP contribution in [-0.2, 0) is 6.54 Å². The topological polar surface area (TPSA) is 47.0 Å². The smallest absolute Gasteiger partial charge is 0.299 e. The molecule has 0 unspecified atom stereocenters. The third-order valence-electron chi connectivity index (χ3n) is 2.37. The van der Waals surface area contributed by atoms with E-state index in [9.17, 15) is 8.78 Å². The summed E-state index contributed by atoms with van der Waals surface area (Å²) in [5, 5.41) is 12.0. The zero-order valence-corrected chi connectivity index (χ0v) is 12.0. The Hall–Kier alpha value is -1.60. The van der Waals surface area contributed by atoms with Crippen molar-refractivity contribution in [1.29, 1.82) is 0 Å². The number of nitrogens with zero attached hydrogens (tertiary/aromatic N) is 2. The van der Waals surface area contributed by atoms with Crippen LogP contribution in [0.15, 0.2) is 18.2 Å². The van der Waals surface area contributed by atoms with Crippen LogP contribution in [0.4, 0.5) is 8.78 Å². The molecule has 0 aliphatic rings. The molecule has 0 radical (unpaired) electrons. The lowest BCUT2D eigenvalue weighted by atomic mass is 10.2. The minimum atomic E-state index is -0.764. The largest absolute Gasteiger partial charge is 0.427 e. The summed E-state index contributed by atoms with van der Waals surface area (Å²) in [7, 11) is 0. The molecule has 108 valence electrons. The summed E-state index contributed by atoms with van der Waals surface area (Å²) in [6, 6.07) is 3.12. The molecule has 7 heteroatoms. The van der Waals surface area contributed by atoms with Gasteiger partial charge >= 0.3 is 0 Å². The van der Waals surface area contributed by atoms with E-state index in [1.165, 1.54) is 17.4 Å². The van der Waals surface area contributed by atoms with E-state index >= 15 is 0 Å². The Morgan fingerprint density at radius 3 is 2.80 bits per heavy atom. The van der Waals surface area contributed by atoms with E-state index in [0.29, 0.717) is 12.5 Å². The average Bonchev–Trinajstić information content (AvgIpc) is 2.80. The Morgan fingerprint density at radius 2 is 2.10 bits per heavy atom. The molecule has 0 spiro atoms. The van der Waals surface area contributed by atoms with Gasteiger partial charge in [-0.2, -0.15) is 0 Å². The maximum absolute atomic E-state index is 13.4. The highest BCUT2D eigenvalue weighted by Crippen LogP contribution is 2.27. The van der Waals surface area contributed by atoms with Gasteiger partial charge in [0.1, 0.15) is 10.8 Å². The minimum absolute atomic E-state index is 0.0655. The monoisotopic (exact) mass is 299 g/mol. The molecule has 0 saturated carbocycles. The standard InChI is InChI=1S/C13H15F2N3OS/c1-8(2)6-16-7-12-17-18-13(20-12)19-11-4-3-9(14)5-10(11)15/h3-5,8,16H,6-7H2,1-2H3. The molecule has 0 saturated heterocycles. The van der Waals surface area contributed by atoms with Gasteiger partial charge in [-0.15, -0.1) is 5.10 Å². The van der Waals surface area contributed by atoms with Gasteiger partial charge in [0.05, 0.1) is 0 Å². The Labute approximate surface area is 119 Å². The fourth-order valence-corrected chi connectivity index (χ4v) is 2.14. The molecule has 0 aliphatic carbocycles. The molecule has 1 aromatic heterocycles. The molecule has 1 aromatic carbocycles. The van der Waals surface area contributed by atoms with Crippen LogP contribution in [0.5, 0.6) is 10.9 Å². The zero-order chi connectivity index (χ0) is 14.5.